The van der Waals surface area contributed by atoms with E-state index in [9.17, 15) is 0 Å². The Morgan fingerprint density at radius 1 is 1.05 bits per heavy atom. The minimum atomic E-state index is 0.303. The lowest BCUT2D eigenvalue weighted by Crippen LogP contribution is -2.06. The third kappa shape index (κ3) is 2.21. The van der Waals surface area contributed by atoms with Crippen molar-refractivity contribution in [2.75, 3.05) is 11.5 Å². The first-order valence-electron chi connectivity index (χ1n) is 5.59. The lowest BCUT2D eigenvalue weighted by atomic mass is 10.2. The molecule has 94 valence electrons. The summed E-state index contributed by atoms with van der Waals surface area (Å²) in [5.41, 5.74) is 13.0. The van der Waals surface area contributed by atoms with Crippen LogP contribution in [0.5, 0.6) is 0 Å². The van der Waals surface area contributed by atoms with E-state index in [4.69, 9.17) is 11.5 Å². The highest BCUT2D eigenvalue weighted by molar-refractivity contribution is 5.57. The van der Waals surface area contributed by atoms with Crippen LogP contribution >= 0.6 is 0 Å². The minimum absolute atomic E-state index is 0.303. The molecule has 0 amide bonds. The molecule has 0 spiro atoms. The van der Waals surface area contributed by atoms with Gasteiger partial charge in [-0.2, -0.15) is 15.1 Å². The van der Waals surface area contributed by atoms with Gasteiger partial charge in [-0.1, -0.05) is 6.07 Å². The van der Waals surface area contributed by atoms with Gasteiger partial charge in [-0.15, -0.1) is 0 Å². The maximum absolute atomic E-state index is 5.63. The van der Waals surface area contributed by atoms with Crippen molar-refractivity contribution < 1.29 is 0 Å². The number of nitrogen functional groups attached to an aromatic ring is 2. The summed E-state index contributed by atoms with van der Waals surface area (Å²) in [4.78, 5) is 12.4. The molecule has 4 N–H and O–H groups in total. The van der Waals surface area contributed by atoms with Crippen molar-refractivity contribution in [3.8, 4) is 17.2 Å². The number of hydrogen-bond acceptors (Lipinski definition) is 6. The van der Waals surface area contributed by atoms with Crippen LogP contribution < -0.4 is 11.5 Å². The molecule has 0 unspecified atom stereocenters. The van der Waals surface area contributed by atoms with Crippen molar-refractivity contribution in [1.29, 1.82) is 0 Å². The Kier molecular flexibility index (Phi) is 2.57. The Labute approximate surface area is 108 Å². The maximum Gasteiger partial charge on any atom is 0.254 e. The second-order valence-electron chi connectivity index (χ2n) is 3.91. The van der Waals surface area contributed by atoms with Crippen LogP contribution in [0.2, 0.25) is 0 Å². The molecule has 7 nitrogen and oxygen atoms in total. The quantitative estimate of drug-likeness (QED) is 0.702. The Morgan fingerprint density at radius 2 is 1.84 bits per heavy atom. The van der Waals surface area contributed by atoms with Crippen LogP contribution in [-0.4, -0.2) is 24.7 Å². The van der Waals surface area contributed by atoms with E-state index in [0.29, 0.717) is 17.6 Å². The highest BCUT2D eigenvalue weighted by Crippen LogP contribution is 2.16. The molecule has 0 saturated heterocycles. The summed E-state index contributed by atoms with van der Waals surface area (Å²) >= 11 is 0. The van der Waals surface area contributed by atoms with E-state index < -0.39 is 0 Å². The van der Waals surface area contributed by atoms with Crippen molar-refractivity contribution >= 4 is 11.6 Å². The third-order valence-electron chi connectivity index (χ3n) is 2.50. The average Bonchev–Trinajstić information content (AvgIpc) is 2.88. The third-order valence-corrected chi connectivity index (χ3v) is 2.50. The average molecular weight is 253 g/mol. The second-order valence-corrected chi connectivity index (χ2v) is 3.91. The van der Waals surface area contributed by atoms with Crippen LogP contribution in [-0.2, 0) is 0 Å². The molecule has 3 aromatic heterocycles. The van der Waals surface area contributed by atoms with Gasteiger partial charge in [0.15, 0.2) is 0 Å². The van der Waals surface area contributed by atoms with E-state index in [1.54, 1.807) is 18.6 Å². The van der Waals surface area contributed by atoms with E-state index in [1.165, 1.54) is 10.7 Å². The molecule has 0 saturated carbocycles. The summed E-state index contributed by atoms with van der Waals surface area (Å²) in [5, 5.41) is 4.19. The first-order valence-corrected chi connectivity index (χ1v) is 5.59. The Balaban J connectivity index is 2.02. The topological polar surface area (TPSA) is 109 Å². The van der Waals surface area contributed by atoms with Gasteiger partial charge in [-0.25, -0.2) is 4.68 Å². The Hall–Kier alpha value is -2.96. The predicted molar refractivity (Wildman–Crippen MR) is 71.2 cm³/mol. The molecule has 0 aromatic carbocycles. The second kappa shape index (κ2) is 4.37. The van der Waals surface area contributed by atoms with Crippen LogP contribution in [0.15, 0.2) is 42.9 Å². The van der Waals surface area contributed by atoms with Crippen LogP contribution in [0.25, 0.3) is 17.2 Å². The Bertz CT molecular complexity index is 685. The fourth-order valence-electron chi connectivity index (χ4n) is 1.67. The number of aromatic nitrogens is 5. The molecule has 0 atom stereocenters. The molecule has 0 bridgehead atoms. The number of anilines is 2. The normalized spacial score (nSPS) is 10.5. The zero-order valence-electron chi connectivity index (χ0n) is 9.93. The van der Waals surface area contributed by atoms with Crippen molar-refractivity contribution in [2.24, 2.45) is 0 Å². The molecule has 0 aliphatic heterocycles. The van der Waals surface area contributed by atoms with Gasteiger partial charge in [-0.3, -0.25) is 4.98 Å². The van der Waals surface area contributed by atoms with Gasteiger partial charge in [0.2, 0.25) is 0 Å². The molecule has 0 fully saturated rings. The summed E-state index contributed by atoms with van der Waals surface area (Å²) in [7, 11) is 0. The van der Waals surface area contributed by atoms with E-state index in [-0.39, 0.29) is 0 Å². The molecule has 3 rings (SSSR count). The summed E-state index contributed by atoms with van der Waals surface area (Å²) in [6.45, 7) is 0. The standard InChI is InChI=1S/C12H11N7/c13-10-5-11(14)18-12(17-10)19-7-8(6-16-19)9-3-1-2-4-15-9/h1-7H,(H4,13,14,17,18). The van der Waals surface area contributed by atoms with Crippen LogP contribution in [0.3, 0.4) is 0 Å². The molecular weight excluding hydrogens is 242 g/mol. The number of hydrogen-bond donors (Lipinski definition) is 2. The van der Waals surface area contributed by atoms with Crippen LogP contribution in [0.1, 0.15) is 0 Å². The van der Waals surface area contributed by atoms with E-state index in [0.717, 1.165) is 11.3 Å². The van der Waals surface area contributed by atoms with Crippen molar-refractivity contribution in [2.45, 2.75) is 0 Å². The lowest BCUT2D eigenvalue weighted by Gasteiger charge is -2.01. The van der Waals surface area contributed by atoms with Gasteiger partial charge in [0, 0.05) is 24.0 Å². The molecule has 19 heavy (non-hydrogen) atoms. The fourth-order valence-corrected chi connectivity index (χ4v) is 1.67. The van der Waals surface area contributed by atoms with Crippen molar-refractivity contribution in [1.82, 2.24) is 24.7 Å². The van der Waals surface area contributed by atoms with Crippen molar-refractivity contribution in [3.63, 3.8) is 0 Å². The summed E-state index contributed by atoms with van der Waals surface area (Å²) < 4.78 is 1.51. The zero-order chi connectivity index (χ0) is 13.2. The molecule has 0 radical (unpaired) electrons. The summed E-state index contributed by atoms with van der Waals surface area (Å²) in [5.74, 6) is 0.939. The number of rotatable bonds is 2. The van der Waals surface area contributed by atoms with Gasteiger partial charge in [0.25, 0.3) is 5.95 Å². The van der Waals surface area contributed by atoms with Crippen LogP contribution in [0.4, 0.5) is 11.6 Å². The smallest absolute Gasteiger partial charge is 0.254 e. The fraction of sp³-hybridized carbons (Fsp3) is 0. The van der Waals surface area contributed by atoms with Gasteiger partial charge in [-0.05, 0) is 12.1 Å². The zero-order valence-corrected chi connectivity index (χ0v) is 9.93. The molecule has 3 aromatic rings. The highest BCUT2D eigenvalue weighted by atomic mass is 15.3. The summed E-state index contributed by atoms with van der Waals surface area (Å²) in [6.07, 6.45) is 5.18. The molecule has 7 heteroatoms. The highest BCUT2D eigenvalue weighted by Gasteiger charge is 2.07. The molecule has 3 heterocycles. The molecule has 0 aliphatic carbocycles. The van der Waals surface area contributed by atoms with Gasteiger partial charge >= 0.3 is 0 Å². The predicted octanol–water partition coefficient (Wildman–Crippen LogP) is 0.889. The number of nitrogens with zero attached hydrogens (tertiary/aromatic N) is 5. The maximum atomic E-state index is 5.63. The first kappa shape index (κ1) is 11.1. The molecular formula is C12H11N7. The first-order chi connectivity index (χ1) is 9.22. The number of pyridine rings is 1. The largest absolute Gasteiger partial charge is 0.383 e. The van der Waals surface area contributed by atoms with Gasteiger partial charge < -0.3 is 11.5 Å². The van der Waals surface area contributed by atoms with Crippen LogP contribution in [0, 0.1) is 0 Å². The monoisotopic (exact) mass is 253 g/mol. The van der Waals surface area contributed by atoms with Gasteiger partial charge in [0.1, 0.15) is 11.6 Å². The van der Waals surface area contributed by atoms with E-state index >= 15 is 0 Å². The van der Waals surface area contributed by atoms with E-state index in [2.05, 4.69) is 20.1 Å². The summed E-state index contributed by atoms with van der Waals surface area (Å²) in [6, 6.07) is 7.16. The van der Waals surface area contributed by atoms with Gasteiger partial charge in [0.05, 0.1) is 11.9 Å². The van der Waals surface area contributed by atoms with Crippen molar-refractivity contribution in [3.05, 3.63) is 42.9 Å². The lowest BCUT2D eigenvalue weighted by molar-refractivity contribution is 0.813. The molecule has 0 aliphatic rings. The Morgan fingerprint density at radius 3 is 2.53 bits per heavy atom. The number of nitrogens with two attached hydrogens (primary N) is 2. The SMILES string of the molecule is Nc1cc(N)nc(-n2cc(-c3ccccn3)cn2)n1. The van der Waals surface area contributed by atoms with E-state index in [1.807, 2.05) is 18.2 Å². The minimum Gasteiger partial charge on any atom is -0.383 e.